The lowest BCUT2D eigenvalue weighted by Crippen LogP contribution is -2.41. The van der Waals surface area contributed by atoms with E-state index in [4.69, 9.17) is 21.1 Å². The number of carbonyl (C=O) groups excluding carboxylic acids is 1. The second-order valence-corrected chi connectivity index (χ2v) is 16.3. The molecule has 2 fully saturated rings. The van der Waals surface area contributed by atoms with Crippen LogP contribution in [0.2, 0.25) is 5.02 Å². The summed E-state index contributed by atoms with van der Waals surface area (Å²) in [6.07, 6.45) is 8.79. The Morgan fingerprint density at radius 3 is 2.59 bits per heavy atom. The minimum atomic E-state index is -4.54. The van der Waals surface area contributed by atoms with Gasteiger partial charge in [-0.25, -0.2) is 18.1 Å². The normalized spacial score (nSPS) is 16.8. The van der Waals surface area contributed by atoms with Gasteiger partial charge in [0.2, 0.25) is 0 Å². The summed E-state index contributed by atoms with van der Waals surface area (Å²) in [5.41, 5.74) is 2.43. The lowest BCUT2D eigenvalue weighted by Gasteiger charge is -2.41. The number of anilines is 2. The van der Waals surface area contributed by atoms with Crippen molar-refractivity contribution in [3.63, 3.8) is 0 Å². The zero-order valence-electron chi connectivity index (χ0n) is 30.9. The number of pyridine rings is 1. The highest BCUT2D eigenvalue weighted by Gasteiger charge is 2.30. The third-order valence-corrected chi connectivity index (χ3v) is 12.1. The van der Waals surface area contributed by atoms with Gasteiger partial charge in [0.1, 0.15) is 22.8 Å². The summed E-state index contributed by atoms with van der Waals surface area (Å²) in [5.74, 6) is 0.0589. The summed E-state index contributed by atoms with van der Waals surface area (Å²) in [6, 6.07) is 20.7. The Hall–Kier alpha value is -5.22. The predicted molar refractivity (Wildman–Crippen MR) is 215 cm³/mol. The Morgan fingerprint density at radius 2 is 1.82 bits per heavy atom. The third kappa shape index (κ3) is 9.07. The first-order valence-electron chi connectivity index (χ1n) is 18.7. The van der Waals surface area contributed by atoms with Gasteiger partial charge in [0.15, 0.2) is 0 Å². The summed E-state index contributed by atoms with van der Waals surface area (Å²) in [6.45, 7) is 4.26. The molecule has 0 spiro atoms. The molecule has 7 rings (SSSR count). The molecule has 16 heteroatoms. The average Bonchev–Trinajstić information content (AvgIpc) is 3.67. The number of halogens is 1. The molecule has 2 saturated heterocycles. The number of hydrogen-bond donors (Lipinski definition) is 3. The molecule has 1 amide bonds. The van der Waals surface area contributed by atoms with Crippen molar-refractivity contribution < 1.29 is 27.6 Å². The number of carbonyl (C=O) groups is 1. The molecule has 2 aliphatic rings. The highest BCUT2D eigenvalue weighted by atomic mass is 35.5. The smallest absolute Gasteiger partial charge is 0.293 e. The molecule has 3 N–H and O–H groups in total. The number of piperidine rings is 2. The number of H-pyrrole nitrogens is 1. The topological polar surface area (TPSA) is 172 Å². The number of fused-ring (bicyclic) bond motifs is 1. The van der Waals surface area contributed by atoms with E-state index >= 15 is 0 Å². The number of methoxy groups -OCH3 is 1. The Bertz CT molecular complexity index is 2300. The van der Waals surface area contributed by atoms with Crippen LogP contribution in [0.3, 0.4) is 0 Å². The number of rotatable bonds is 14. The number of amides is 1. The highest BCUT2D eigenvalue weighted by molar-refractivity contribution is 7.90. The molecule has 4 heterocycles. The number of nitrogens with one attached hydrogen (secondary N) is 3. The van der Waals surface area contributed by atoms with Crippen LogP contribution in [0.15, 0.2) is 90.1 Å². The van der Waals surface area contributed by atoms with E-state index in [9.17, 15) is 23.3 Å². The molecular weight excluding hydrogens is 758 g/mol. The van der Waals surface area contributed by atoms with Crippen molar-refractivity contribution in [3.8, 4) is 11.5 Å². The third-order valence-electron chi connectivity index (χ3n) is 10.5. The van der Waals surface area contributed by atoms with Crippen LogP contribution in [0.5, 0.6) is 11.5 Å². The van der Waals surface area contributed by atoms with Crippen molar-refractivity contribution in [2.75, 3.05) is 56.7 Å². The van der Waals surface area contributed by atoms with E-state index in [2.05, 4.69) is 41.9 Å². The highest BCUT2D eigenvalue weighted by Crippen LogP contribution is 2.36. The predicted octanol–water partition coefficient (Wildman–Crippen LogP) is 7.54. The average molecular weight is 802 g/mol. The summed E-state index contributed by atoms with van der Waals surface area (Å²) < 4.78 is 40.3. The largest absolute Gasteiger partial charge is 0.455 e. The fourth-order valence-corrected chi connectivity index (χ4v) is 8.67. The quantitative estimate of drug-likeness (QED) is 0.0576. The first-order valence-corrected chi connectivity index (χ1v) is 20.5. The lowest BCUT2D eigenvalue weighted by molar-refractivity contribution is -0.384. The van der Waals surface area contributed by atoms with E-state index in [0.29, 0.717) is 23.4 Å². The van der Waals surface area contributed by atoms with Gasteiger partial charge >= 0.3 is 0 Å². The fraction of sp³-hybridized carbons (Fsp3) is 0.350. The number of aromatic nitrogens is 2. The minimum Gasteiger partial charge on any atom is -0.455 e. The lowest BCUT2D eigenvalue weighted by atomic mass is 9.91. The van der Waals surface area contributed by atoms with Crippen LogP contribution in [0.1, 0.15) is 54.1 Å². The number of aromatic amines is 1. The van der Waals surface area contributed by atoms with Gasteiger partial charge in [0.25, 0.3) is 21.6 Å². The molecule has 1 unspecified atom stereocenters. The molecular formula is C40H44ClN7O7S. The van der Waals surface area contributed by atoms with Gasteiger partial charge < -0.3 is 24.7 Å². The first-order chi connectivity index (χ1) is 27.1. The van der Waals surface area contributed by atoms with Gasteiger partial charge in [0.05, 0.1) is 28.2 Å². The first kappa shape index (κ1) is 39.0. The minimum absolute atomic E-state index is 0.0351. The van der Waals surface area contributed by atoms with E-state index in [1.807, 2.05) is 18.2 Å². The number of hydrogen-bond acceptors (Lipinski definition) is 11. The van der Waals surface area contributed by atoms with Crippen LogP contribution < -0.4 is 19.7 Å². The van der Waals surface area contributed by atoms with Crippen LogP contribution in [-0.4, -0.2) is 80.6 Å². The number of sulfonamides is 1. The second-order valence-electron chi connectivity index (χ2n) is 14.1. The fourth-order valence-electron chi connectivity index (χ4n) is 7.56. The van der Waals surface area contributed by atoms with Gasteiger partial charge in [-0.05, 0) is 92.2 Å². The summed E-state index contributed by atoms with van der Waals surface area (Å²) in [5, 5.41) is 16.2. The van der Waals surface area contributed by atoms with Gasteiger partial charge in [0, 0.05) is 73.8 Å². The molecule has 294 valence electrons. The monoisotopic (exact) mass is 801 g/mol. The maximum atomic E-state index is 13.8. The SMILES string of the molecule is COCCNc1ccc(S(=O)(=O)NC(=O)c2ccc(N3CCC(CN4CCCCC4c4ccc(Cl)cc4)CC3)cc2Oc2cnc3[nH]ccc3c2)cc1[N+](=O)[O-]. The Morgan fingerprint density at radius 1 is 1.02 bits per heavy atom. The van der Waals surface area contributed by atoms with E-state index in [0.717, 1.165) is 67.6 Å². The Balaban J connectivity index is 1.09. The van der Waals surface area contributed by atoms with Crippen LogP contribution >= 0.6 is 11.6 Å². The maximum absolute atomic E-state index is 13.8. The zero-order chi connectivity index (χ0) is 39.2. The van der Waals surface area contributed by atoms with E-state index in [1.54, 1.807) is 30.5 Å². The van der Waals surface area contributed by atoms with Gasteiger partial charge in [-0.15, -0.1) is 0 Å². The van der Waals surface area contributed by atoms with Gasteiger partial charge in [-0.1, -0.05) is 30.2 Å². The van der Waals surface area contributed by atoms with Crippen molar-refractivity contribution in [1.29, 1.82) is 0 Å². The molecule has 0 saturated carbocycles. The Labute approximate surface area is 330 Å². The van der Waals surface area contributed by atoms with E-state index < -0.39 is 31.4 Å². The van der Waals surface area contributed by atoms with Crippen molar-refractivity contribution >= 4 is 55.6 Å². The Kier molecular flexibility index (Phi) is 12.0. The van der Waals surface area contributed by atoms with Crippen LogP contribution in [-0.2, 0) is 14.8 Å². The van der Waals surface area contributed by atoms with Crippen molar-refractivity contribution in [2.24, 2.45) is 5.92 Å². The molecule has 1 atom stereocenters. The van der Waals surface area contributed by atoms with Crippen LogP contribution in [0.25, 0.3) is 11.0 Å². The molecule has 3 aromatic carbocycles. The second kappa shape index (κ2) is 17.3. The molecule has 5 aromatic rings. The van der Waals surface area contributed by atoms with Crippen molar-refractivity contribution in [1.82, 2.24) is 19.6 Å². The van der Waals surface area contributed by atoms with E-state index in [-0.39, 0.29) is 30.2 Å². The number of nitrogens with zero attached hydrogens (tertiary/aromatic N) is 4. The molecule has 14 nitrogen and oxygen atoms in total. The standard InChI is InChI=1S/C40H44ClN7O7S/c1-54-21-17-42-35-12-10-33(24-37(35)48(50)51)56(52,53)45-40(49)34-11-9-31(23-38(34)55-32-22-29-13-16-43-39(29)44-25-32)46-19-14-27(15-20-46)26-47-18-3-2-4-36(47)28-5-7-30(41)8-6-28/h5-13,16,22-25,27,36,42H,2-4,14-15,17-21,26H2,1H3,(H,43,44)(H,45,49). The maximum Gasteiger partial charge on any atom is 0.293 e. The number of nitro groups is 1. The summed E-state index contributed by atoms with van der Waals surface area (Å²) in [7, 11) is -3.04. The number of likely N-dealkylation sites (tertiary alicyclic amines) is 1. The molecule has 0 aliphatic carbocycles. The molecule has 56 heavy (non-hydrogen) atoms. The van der Waals surface area contributed by atoms with E-state index in [1.165, 1.54) is 43.8 Å². The van der Waals surface area contributed by atoms with Crippen molar-refractivity contribution in [2.45, 2.75) is 43.0 Å². The molecule has 0 bridgehead atoms. The molecule has 0 radical (unpaired) electrons. The van der Waals surface area contributed by atoms with Crippen LogP contribution in [0, 0.1) is 16.0 Å². The summed E-state index contributed by atoms with van der Waals surface area (Å²) in [4.78, 5) is 36.8. The number of ether oxygens (including phenoxy) is 2. The summed E-state index contributed by atoms with van der Waals surface area (Å²) >= 11 is 6.18. The molecule has 2 aliphatic heterocycles. The van der Waals surface area contributed by atoms with Gasteiger partial charge in [-0.3, -0.25) is 19.8 Å². The zero-order valence-corrected chi connectivity index (χ0v) is 32.5. The number of benzene rings is 3. The van der Waals surface area contributed by atoms with Crippen LogP contribution in [0.4, 0.5) is 17.1 Å². The van der Waals surface area contributed by atoms with Gasteiger partial charge in [-0.2, -0.15) is 0 Å². The van der Waals surface area contributed by atoms with Crippen molar-refractivity contribution in [3.05, 3.63) is 111 Å². The molecule has 2 aromatic heterocycles. The number of nitro benzene ring substituents is 1.